The molecule has 0 spiro atoms. The SMILES string of the molecule is COC(=O)CC=Cc1cnc(Cl)nc1. The fraction of sp³-hybridized carbons (Fsp3) is 0.222. The second-order valence-corrected chi connectivity index (χ2v) is 2.81. The number of esters is 1. The van der Waals surface area contributed by atoms with Crippen molar-refractivity contribution in [2.24, 2.45) is 0 Å². The number of hydrogen-bond acceptors (Lipinski definition) is 4. The van der Waals surface area contributed by atoms with Crippen molar-refractivity contribution in [3.63, 3.8) is 0 Å². The van der Waals surface area contributed by atoms with Crippen molar-refractivity contribution in [2.75, 3.05) is 7.11 Å². The quantitative estimate of drug-likeness (QED) is 0.565. The smallest absolute Gasteiger partial charge is 0.309 e. The molecule has 1 aromatic heterocycles. The summed E-state index contributed by atoms with van der Waals surface area (Å²) in [6, 6.07) is 0. The minimum absolute atomic E-state index is 0.204. The molecule has 1 rings (SSSR count). The molecule has 1 heterocycles. The van der Waals surface area contributed by atoms with E-state index in [1.54, 1.807) is 24.5 Å². The van der Waals surface area contributed by atoms with Gasteiger partial charge in [0.25, 0.3) is 0 Å². The molecule has 0 saturated heterocycles. The molecule has 0 unspecified atom stereocenters. The van der Waals surface area contributed by atoms with E-state index >= 15 is 0 Å². The monoisotopic (exact) mass is 212 g/mol. The molecule has 5 heteroatoms. The van der Waals surface area contributed by atoms with Crippen molar-refractivity contribution in [1.29, 1.82) is 0 Å². The normalized spacial score (nSPS) is 10.4. The van der Waals surface area contributed by atoms with E-state index < -0.39 is 0 Å². The number of aromatic nitrogens is 2. The molecule has 0 aliphatic rings. The molecule has 4 nitrogen and oxygen atoms in total. The average molecular weight is 213 g/mol. The number of carbonyl (C=O) groups is 1. The molecule has 0 amide bonds. The van der Waals surface area contributed by atoms with Crippen molar-refractivity contribution in [3.8, 4) is 0 Å². The molecule has 0 saturated carbocycles. The molecule has 14 heavy (non-hydrogen) atoms. The van der Waals surface area contributed by atoms with E-state index in [-0.39, 0.29) is 17.7 Å². The Bertz CT molecular complexity index is 335. The molecule has 0 fully saturated rings. The van der Waals surface area contributed by atoms with Crippen LogP contribution in [0.5, 0.6) is 0 Å². The van der Waals surface area contributed by atoms with Crippen molar-refractivity contribution in [1.82, 2.24) is 9.97 Å². The Morgan fingerprint density at radius 1 is 1.57 bits per heavy atom. The van der Waals surface area contributed by atoms with Crippen LogP contribution in [0.25, 0.3) is 6.08 Å². The van der Waals surface area contributed by atoms with Crippen molar-refractivity contribution < 1.29 is 9.53 Å². The van der Waals surface area contributed by atoms with Gasteiger partial charge in [0.1, 0.15) is 0 Å². The molecule has 0 atom stereocenters. The van der Waals surface area contributed by atoms with Crippen LogP contribution in [0.15, 0.2) is 18.5 Å². The minimum Gasteiger partial charge on any atom is -0.469 e. The van der Waals surface area contributed by atoms with Crippen molar-refractivity contribution in [2.45, 2.75) is 6.42 Å². The van der Waals surface area contributed by atoms with Crippen LogP contribution in [0.2, 0.25) is 5.28 Å². The van der Waals surface area contributed by atoms with Gasteiger partial charge < -0.3 is 4.74 Å². The second kappa shape index (κ2) is 5.34. The molecule has 0 aromatic carbocycles. The summed E-state index contributed by atoms with van der Waals surface area (Å²) in [7, 11) is 1.35. The topological polar surface area (TPSA) is 52.1 Å². The first-order chi connectivity index (χ1) is 6.72. The number of nitrogens with zero attached hydrogens (tertiary/aromatic N) is 2. The molecule has 0 N–H and O–H groups in total. The van der Waals surface area contributed by atoms with Crippen LogP contribution >= 0.6 is 11.6 Å². The van der Waals surface area contributed by atoms with Gasteiger partial charge in [-0.25, -0.2) is 9.97 Å². The van der Waals surface area contributed by atoms with E-state index in [4.69, 9.17) is 11.6 Å². The van der Waals surface area contributed by atoms with Crippen molar-refractivity contribution >= 4 is 23.6 Å². The van der Waals surface area contributed by atoms with Gasteiger partial charge >= 0.3 is 5.97 Å². The lowest BCUT2D eigenvalue weighted by molar-refractivity contribution is -0.139. The van der Waals surface area contributed by atoms with Gasteiger partial charge in [-0.1, -0.05) is 12.2 Å². The highest BCUT2D eigenvalue weighted by molar-refractivity contribution is 6.28. The van der Waals surface area contributed by atoms with Gasteiger partial charge in [0.05, 0.1) is 13.5 Å². The fourth-order valence-corrected chi connectivity index (χ4v) is 0.880. The van der Waals surface area contributed by atoms with Crippen LogP contribution in [0.1, 0.15) is 12.0 Å². The van der Waals surface area contributed by atoms with Crippen LogP contribution in [-0.4, -0.2) is 23.0 Å². The standard InChI is InChI=1S/C9H9ClN2O2/c1-14-8(13)4-2-3-7-5-11-9(10)12-6-7/h2-3,5-6H,4H2,1H3. The zero-order chi connectivity index (χ0) is 10.4. The number of halogens is 1. The molecule has 0 aliphatic carbocycles. The molecule has 74 valence electrons. The highest BCUT2D eigenvalue weighted by Crippen LogP contribution is 2.03. The summed E-state index contributed by atoms with van der Waals surface area (Å²) in [5.74, 6) is -0.281. The maximum Gasteiger partial charge on any atom is 0.309 e. The van der Waals surface area contributed by atoms with E-state index in [1.165, 1.54) is 7.11 Å². The zero-order valence-electron chi connectivity index (χ0n) is 7.61. The van der Waals surface area contributed by atoms with Crippen LogP contribution in [0, 0.1) is 0 Å². The van der Waals surface area contributed by atoms with E-state index in [2.05, 4.69) is 14.7 Å². The van der Waals surface area contributed by atoms with E-state index in [9.17, 15) is 4.79 Å². The second-order valence-electron chi connectivity index (χ2n) is 2.47. The summed E-state index contributed by atoms with van der Waals surface area (Å²) in [5.41, 5.74) is 0.790. The van der Waals surface area contributed by atoms with Gasteiger partial charge in [-0.3, -0.25) is 4.79 Å². The van der Waals surface area contributed by atoms with Gasteiger partial charge in [-0.15, -0.1) is 0 Å². The number of methoxy groups -OCH3 is 1. The zero-order valence-corrected chi connectivity index (χ0v) is 8.36. The summed E-state index contributed by atoms with van der Waals surface area (Å²) in [5, 5.41) is 0.204. The maximum atomic E-state index is 10.7. The first-order valence-corrected chi connectivity index (χ1v) is 4.31. The van der Waals surface area contributed by atoms with Crippen molar-refractivity contribution in [3.05, 3.63) is 29.3 Å². The van der Waals surface area contributed by atoms with Crippen LogP contribution < -0.4 is 0 Å². The molecular formula is C9H9ClN2O2. The van der Waals surface area contributed by atoms with Crippen LogP contribution in [-0.2, 0) is 9.53 Å². The lowest BCUT2D eigenvalue weighted by atomic mass is 10.3. The molecule has 0 aliphatic heterocycles. The molecule has 0 bridgehead atoms. The van der Waals surface area contributed by atoms with E-state index in [1.807, 2.05) is 0 Å². The highest BCUT2D eigenvalue weighted by Gasteiger charge is 1.94. The number of hydrogen-bond donors (Lipinski definition) is 0. The minimum atomic E-state index is -0.281. The summed E-state index contributed by atoms with van der Waals surface area (Å²) in [4.78, 5) is 18.3. The van der Waals surface area contributed by atoms with Crippen LogP contribution in [0.3, 0.4) is 0 Å². The Balaban J connectivity index is 2.52. The van der Waals surface area contributed by atoms with E-state index in [0.717, 1.165) is 5.56 Å². The Morgan fingerprint density at radius 2 is 2.21 bits per heavy atom. The Morgan fingerprint density at radius 3 is 2.79 bits per heavy atom. The maximum absolute atomic E-state index is 10.7. The number of ether oxygens (including phenoxy) is 1. The number of carbonyl (C=O) groups excluding carboxylic acids is 1. The Hall–Kier alpha value is -1.42. The fourth-order valence-electron chi connectivity index (χ4n) is 0.783. The number of rotatable bonds is 3. The Kier molecular flexibility index (Phi) is 4.07. The predicted molar refractivity (Wildman–Crippen MR) is 52.7 cm³/mol. The summed E-state index contributed by atoms with van der Waals surface area (Å²) in [6.45, 7) is 0. The third-order valence-corrected chi connectivity index (χ3v) is 1.66. The highest BCUT2D eigenvalue weighted by atomic mass is 35.5. The van der Waals surface area contributed by atoms with Gasteiger partial charge in [0.15, 0.2) is 0 Å². The average Bonchev–Trinajstić information content (AvgIpc) is 2.21. The third-order valence-electron chi connectivity index (χ3n) is 1.46. The van der Waals surface area contributed by atoms with Crippen LogP contribution in [0.4, 0.5) is 0 Å². The lowest BCUT2D eigenvalue weighted by Gasteiger charge is -1.93. The largest absolute Gasteiger partial charge is 0.469 e. The first-order valence-electron chi connectivity index (χ1n) is 3.93. The third kappa shape index (κ3) is 3.53. The summed E-state index contributed by atoms with van der Waals surface area (Å²) >= 11 is 5.50. The Labute approximate surface area is 86.6 Å². The summed E-state index contributed by atoms with van der Waals surface area (Å²) in [6.07, 6.45) is 6.79. The first kappa shape index (κ1) is 10.7. The van der Waals surface area contributed by atoms with Gasteiger partial charge in [-0.2, -0.15) is 0 Å². The predicted octanol–water partition coefficient (Wildman–Crippen LogP) is 1.71. The van der Waals surface area contributed by atoms with Gasteiger partial charge in [-0.05, 0) is 11.6 Å². The lowest BCUT2D eigenvalue weighted by Crippen LogP contribution is -1.96. The van der Waals surface area contributed by atoms with Gasteiger partial charge in [0.2, 0.25) is 5.28 Å². The van der Waals surface area contributed by atoms with E-state index in [0.29, 0.717) is 0 Å². The molecular weight excluding hydrogens is 204 g/mol. The summed E-state index contributed by atoms with van der Waals surface area (Å²) < 4.78 is 4.46. The van der Waals surface area contributed by atoms with Gasteiger partial charge in [0, 0.05) is 18.0 Å². The molecule has 0 radical (unpaired) electrons. The molecule has 1 aromatic rings.